The van der Waals surface area contributed by atoms with Crippen molar-refractivity contribution in [2.45, 2.75) is 13.0 Å². The van der Waals surface area contributed by atoms with E-state index in [1.165, 1.54) is 0 Å². The van der Waals surface area contributed by atoms with Gasteiger partial charge in [0.2, 0.25) is 5.91 Å². The number of piperazine rings is 1. The van der Waals surface area contributed by atoms with Crippen molar-refractivity contribution >= 4 is 24.2 Å². The van der Waals surface area contributed by atoms with Gasteiger partial charge >= 0.3 is 0 Å². The summed E-state index contributed by atoms with van der Waals surface area (Å²) in [5, 5.41) is 3.00. The Morgan fingerprint density at radius 3 is 2.53 bits per heavy atom. The molecule has 0 aromatic heterocycles. The Morgan fingerprint density at radius 1 is 1.32 bits per heavy atom. The van der Waals surface area contributed by atoms with Gasteiger partial charge in [0.05, 0.1) is 0 Å². The van der Waals surface area contributed by atoms with Crippen molar-refractivity contribution in [1.29, 1.82) is 0 Å². The van der Waals surface area contributed by atoms with Crippen molar-refractivity contribution in [3.63, 3.8) is 0 Å². The first-order valence-corrected chi connectivity index (χ1v) is 5.96. The molecular weight excluding hydrogens is 266 g/mol. The van der Waals surface area contributed by atoms with Crippen LogP contribution in [0.5, 0.6) is 0 Å². The quantitative estimate of drug-likeness (QED) is 0.821. The van der Waals surface area contributed by atoms with Gasteiger partial charge in [0, 0.05) is 25.2 Å². The summed E-state index contributed by atoms with van der Waals surface area (Å²) in [6.07, 6.45) is 0. The van der Waals surface area contributed by atoms with E-state index in [4.69, 9.17) is 5.73 Å². The molecule has 1 aromatic carbocycles. The molecule has 6 heteroatoms. The molecule has 0 radical (unpaired) electrons. The zero-order valence-corrected chi connectivity index (χ0v) is 11.6. The number of nitrogens with two attached hydrogens (primary N) is 1. The van der Waals surface area contributed by atoms with Gasteiger partial charge in [0.15, 0.2) is 0 Å². The number of carbonyl (C=O) groups is 2. The number of hydrogen-bond acceptors (Lipinski definition) is 3. The van der Waals surface area contributed by atoms with Crippen LogP contribution in [0.25, 0.3) is 0 Å². The van der Waals surface area contributed by atoms with Crippen molar-refractivity contribution in [2.75, 3.05) is 19.6 Å². The fraction of sp³-hybridized carbons (Fsp3) is 0.385. The lowest BCUT2D eigenvalue weighted by molar-refractivity contribution is -0.120. The van der Waals surface area contributed by atoms with Gasteiger partial charge < -0.3 is 16.0 Å². The van der Waals surface area contributed by atoms with Gasteiger partial charge in [-0.1, -0.05) is 17.7 Å². The zero-order valence-electron chi connectivity index (χ0n) is 10.8. The topological polar surface area (TPSA) is 75.4 Å². The molecule has 2 rings (SSSR count). The van der Waals surface area contributed by atoms with Gasteiger partial charge in [-0.25, -0.2) is 0 Å². The van der Waals surface area contributed by atoms with E-state index in [-0.39, 0.29) is 18.3 Å². The molecule has 2 amide bonds. The monoisotopic (exact) mass is 283 g/mol. The van der Waals surface area contributed by atoms with E-state index in [1.54, 1.807) is 17.0 Å². The van der Waals surface area contributed by atoms with Gasteiger partial charge in [0.25, 0.3) is 5.91 Å². The van der Waals surface area contributed by atoms with Crippen molar-refractivity contribution in [3.8, 4) is 0 Å². The molecule has 5 nitrogen and oxygen atoms in total. The molecule has 1 fully saturated rings. The Balaban J connectivity index is 0.00000180. The van der Waals surface area contributed by atoms with Gasteiger partial charge in [-0.2, -0.15) is 0 Å². The third-order valence-corrected chi connectivity index (χ3v) is 3.10. The van der Waals surface area contributed by atoms with Crippen LogP contribution in [0.4, 0.5) is 0 Å². The summed E-state index contributed by atoms with van der Waals surface area (Å²) in [6, 6.07) is 6.97. The number of nitrogens with one attached hydrogen (secondary N) is 1. The first-order chi connectivity index (χ1) is 8.58. The molecule has 1 atom stereocenters. The Kier molecular flexibility index (Phi) is 5.32. The van der Waals surface area contributed by atoms with Gasteiger partial charge in [-0.3, -0.25) is 9.59 Å². The second-order valence-electron chi connectivity index (χ2n) is 4.53. The van der Waals surface area contributed by atoms with Crippen LogP contribution in [-0.2, 0) is 4.79 Å². The molecule has 1 saturated heterocycles. The summed E-state index contributed by atoms with van der Waals surface area (Å²) in [5.74, 6) is -0.473. The van der Waals surface area contributed by atoms with E-state index in [2.05, 4.69) is 5.32 Å². The Hall–Kier alpha value is -1.59. The number of aryl methyl sites for hydroxylation is 1. The maximum absolute atomic E-state index is 12.2. The minimum Gasteiger partial charge on any atom is -0.368 e. The standard InChI is InChI=1S/C13H17N3O2.ClH/c1-9-2-4-10(5-3-9)13(18)16-7-6-15-11(8-16)12(14)17;/h2-5,11,15H,6-8H2,1H3,(H2,14,17);1H. The van der Waals surface area contributed by atoms with Gasteiger partial charge in [-0.05, 0) is 19.1 Å². The van der Waals surface area contributed by atoms with Crippen LogP contribution in [0, 0.1) is 6.92 Å². The molecule has 3 N–H and O–H groups in total. The molecule has 0 aliphatic carbocycles. The molecule has 104 valence electrons. The Morgan fingerprint density at radius 2 is 1.95 bits per heavy atom. The first-order valence-electron chi connectivity index (χ1n) is 5.96. The number of rotatable bonds is 2. The minimum absolute atomic E-state index is 0. The van der Waals surface area contributed by atoms with E-state index in [0.29, 0.717) is 25.2 Å². The second-order valence-corrected chi connectivity index (χ2v) is 4.53. The summed E-state index contributed by atoms with van der Waals surface area (Å²) in [6.45, 7) is 3.49. The Labute approximate surface area is 118 Å². The van der Waals surface area contributed by atoms with Crippen LogP contribution >= 0.6 is 12.4 Å². The highest BCUT2D eigenvalue weighted by atomic mass is 35.5. The average molecular weight is 284 g/mol. The summed E-state index contributed by atoms with van der Waals surface area (Å²) in [5.41, 5.74) is 7.01. The summed E-state index contributed by atoms with van der Waals surface area (Å²) >= 11 is 0. The maximum Gasteiger partial charge on any atom is 0.253 e. The molecule has 1 aromatic rings. The molecule has 1 heterocycles. The summed E-state index contributed by atoms with van der Waals surface area (Å²) in [4.78, 5) is 25.0. The molecule has 0 spiro atoms. The fourth-order valence-corrected chi connectivity index (χ4v) is 2.00. The molecule has 1 aliphatic rings. The molecular formula is C13H18ClN3O2. The van der Waals surface area contributed by atoms with Crippen molar-refractivity contribution < 1.29 is 9.59 Å². The predicted molar refractivity (Wildman–Crippen MR) is 75.3 cm³/mol. The lowest BCUT2D eigenvalue weighted by Gasteiger charge is -2.32. The van der Waals surface area contributed by atoms with E-state index >= 15 is 0 Å². The second kappa shape index (κ2) is 6.54. The van der Waals surface area contributed by atoms with E-state index in [9.17, 15) is 9.59 Å². The van der Waals surface area contributed by atoms with E-state index in [1.807, 2.05) is 19.1 Å². The highest BCUT2D eigenvalue weighted by Crippen LogP contribution is 2.09. The Bertz CT molecular complexity index is 461. The van der Waals surface area contributed by atoms with Crippen LogP contribution in [-0.4, -0.2) is 42.4 Å². The zero-order chi connectivity index (χ0) is 13.1. The summed E-state index contributed by atoms with van der Waals surface area (Å²) in [7, 11) is 0. The van der Waals surface area contributed by atoms with Crippen LogP contribution in [0.1, 0.15) is 15.9 Å². The lowest BCUT2D eigenvalue weighted by atomic mass is 10.1. The third-order valence-electron chi connectivity index (χ3n) is 3.10. The van der Waals surface area contributed by atoms with Crippen LogP contribution < -0.4 is 11.1 Å². The summed E-state index contributed by atoms with van der Waals surface area (Å²) < 4.78 is 0. The lowest BCUT2D eigenvalue weighted by Crippen LogP contribution is -2.57. The first kappa shape index (κ1) is 15.5. The molecule has 1 unspecified atom stereocenters. The number of primary amides is 1. The molecule has 0 saturated carbocycles. The fourth-order valence-electron chi connectivity index (χ4n) is 2.00. The van der Waals surface area contributed by atoms with Crippen molar-refractivity contribution in [3.05, 3.63) is 35.4 Å². The van der Waals surface area contributed by atoms with Crippen molar-refractivity contribution in [2.24, 2.45) is 5.73 Å². The van der Waals surface area contributed by atoms with Crippen LogP contribution in [0.3, 0.4) is 0 Å². The highest BCUT2D eigenvalue weighted by Gasteiger charge is 2.26. The largest absolute Gasteiger partial charge is 0.368 e. The van der Waals surface area contributed by atoms with Gasteiger partial charge in [-0.15, -0.1) is 12.4 Å². The number of amides is 2. The normalized spacial score (nSPS) is 18.6. The number of halogens is 1. The van der Waals surface area contributed by atoms with Crippen LogP contribution in [0.2, 0.25) is 0 Å². The average Bonchev–Trinajstić information content (AvgIpc) is 2.39. The maximum atomic E-state index is 12.2. The SMILES string of the molecule is Cc1ccc(C(=O)N2CCNC(C(N)=O)C2)cc1.Cl. The van der Waals surface area contributed by atoms with E-state index < -0.39 is 11.9 Å². The molecule has 19 heavy (non-hydrogen) atoms. The van der Waals surface area contributed by atoms with Crippen LogP contribution in [0.15, 0.2) is 24.3 Å². The van der Waals surface area contributed by atoms with Gasteiger partial charge in [0.1, 0.15) is 6.04 Å². The van der Waals surface area contributed by atoms with Crippen molar-refractivity contribution in [1.82, 2.24) is 10.2 Å². The number of hydrogen-bond donors (Lipinski definition) is 2. The number of benzene rings is 1. The minimum atomic E-state index is -0.451. The smallest absolute Gasteiger partial charge is 0.253 e. The number of carbonyl (C=O) groups excluding carboxylic acids is 2. The third kappa shape index (κ3) is 3.68. The number of nitrogens with zero attached hydrogens (tertiary/aromatic N) is 1. The molecule has 0 bridgehead atoms. The molecule has 1 aliphatic heterocycles. The van der Waals surface area contributed by atoms with E-state index in [0.717, 1.165) is 5.56 Å². The predicted octanol–water partition coefficient (Wildman–Crippen LogP) is 0.316. The highest BCUT2D eigenvalue weighted by molar-refractivity contribution is 5.95.